The van der Waals surface area contributed by atoms with Crippen molar-refractivity contribution in [3.05, 3.63) is 46.1 Å². The molecule has 0 fully saturated rings. The fourth-order valence-corrected chi connectivity index (χ4v) is 3.83. The van der Waals surface area contributed by atoms with Gasteiger partial charge >= 0.3 is 0 Å². The number of hydrogen-bond donors (Lipinski definition) is 2. The van der Waals surface area contributed by atoms with Gasteiger partial charge in [0.1, 0.15) is 17.2 Å². The highest BCUT2D eigenvalue weighted by molar-refractivity contribution is 9.10. The first-order chi connectivity index (χ1) is 13.5. The molecule has 1 atom stereocenters. The molecule has 28 heavy (non-hydrogen) atoms. The van der Waals surface area contributed by atoms with Crippen LogP contribution in [-0.4, -0.2) is 40.1 Å². The highest BCUT2D eigenvalue weighted by Crippen LogP contribution is 2.32. The summed E-state index contributed by atoms with van der Waals surface area (Å²) < 4.78 is 23.7. The number of benzene rings is 1. The average molecular weight is 449 g/mol. The molecule has 4 rings (SSSR count). The fourth-order valence-electron chi connectivity index (χ4n) is 3.49. The summed E-state index contributed by atoms with van der Waals surface area (Å²) in [5.74, 6) is -0.301. The van der Waals surface area contributed by atoms with Crippen molar-refractivity contribution < 1.29 is 9.13 Å². The number of aryl methyl sites for hydroxylation is 2. The molecule has 0 aliphatic carbocycles. The van der Waals surface area contributed by atoms with Crippen molar-refractivity contribution in [1.29, 1.82) is 0 Å². The molecule has 0 saturated carbocycles. The van der Waals surface area contributed by atoms with Crippen LogP contribution in [0.2, 0.25) is 0 Å². The van der Waals surface area contributed by atoms with Crippen molar-refractivity contribution in [2.45, 2.75) is 32.7 Å². The number of aliphatic imine (C=N–C) groups is 1. The highest BCUT2D eigenvalue weighted by Gasteiger charge is 2.26. The number of anilines is 1. The number of nitrogens with zero attached hydrogens (tertiary/aromatic N) is 4. The number of fused-ring (bicyclic) bond motifs is 2. The number of rotatable bonds is 6. The Morgan fingerprint density at radius 1 is 1.36 bits per heavy atom. The fraction of sp³-hybridized carbons (Fsp3) is 0.368. The van der Waals surface area contributed by atoms with Gasteiger partial charge in [-0.05, 0) is 41.4 Å². The second-order valence-corrected chi connectivity index (χ2v) is 7.53. The van der Waals surface area contributed by atoms with E-state index in [1.807, 2.05) is 28.6 Å². The molecule has 7 nitrogen and oxygen atoms in total. The van der Waals surface area contributed by atoms with Crippen LogP contribution in [0.15, 0.2) is 34.0 Å². The first-order valence-electron chi connectivity index (χ1n) is 9.16. The van der Waals surface area contributed by atoms with Gasteiger partial charge < -0.3 is 14.6 Å². The van der Waals surface area contributed by atoms with Gasteiger partial charge in [-0.1, -0.05) is 0 Å². The molecule has 0 bridgehead atoms. The second-order valence-electron chi connectivity index (χ2n) is 6.68. The third kappa shape index (κ3) is 3.34. The predicted octanol–water partition coefficient (Wildman–Crippen LogP) is 3.30. The molecule has 3 aromatic rings. The molecular weight excluding hydrogens is 427 g/mol. The summed E-state index contributed by atoms with van der Waals surface area (Å²) in [5, 5.41) is 8.69. The quantitative estimate of drug-likeness (QED) is 0.566. The molecular formula is C19H22BrFN6O. The molecule has 0 amide bonds. The maximum Gasteiger partial charge on any atom is 0.172 e. The average Bonchev–Trinajstić information content (AvgIpc) is 3.23. The summed E-state index contributed by atoms with van der Waals surface area (Å²) in [6.07, 6.45) is 4.18. The monoisotopic (exact) mass is 448 g/mol. The lowest BCUT2D eigenvalue weighted by molar-refractivity contribution is 0.190. The molecule has 1 aromatic carbocycles. The Balaban J connectivity index is 1.88. The zero-order chi connectivity index (χ0) is 19.8. The van der Waals surface area contributed by atoms with Crippen LogP contribution in [-0.2, 0) is 17.8 Å². The minimum absolute atomic E-state index is 0.301. The van der Waals surface area contributed by atoms with E-state index in [2.05, 4.69) is 31.3 Å². The normalized spacial score (nSPS) is 16.2. The Hall–Kier alpha value is -2.23. The van der Waals surface area contributed by atoms with Crippen LogP contribution in [0.3, 0.4) is 0 Å². The van der Waals surface area contributed by atoms with Gasteiger partial charge in [0, 0.05) is 50.1 Å². The smallest absolute Gasteiger partial charge is 0.172 e. The third-order valence-corrected chi connectivity index (χ3v) is 5.42. The largest absolute Gasteiger partial charge is 0.385 e. The van der Waals surface area contributed by atoms with E-state index in [4.69, 9.17) is 10.5 Å². The summed E-state index contributed by atoms with van der Waals surface area (Å²) in [5.41, 5.74) is 10.1. The number of nitrogens with two attached hydrogens (primary N) is 1. The van der Waals surface area contributed by atoms with Crippen LogP contribution < -0.4 is 11.1 Å². The number of ether oxygens (including phenoxy) is 1. The number of nitrogens with one attached hydrogen (secondary N) is 1. The van der Waals surface area contributed by atoms with Gasteiger partial charge in [-0.15, -0.1) is 0 Å². The Labute approximate surface area is 170 Å². The Bertz CT molecular complexity index is 1060. The molecule has 0 radical (unpaired) electrons. The number of aromatic nitrogens is 3. The van der Waals surface area contributed by atoms with Gasteiger partial charge in [0.05, 0.1) is 15.7 Å². The van der Waals surface area contributed by atoms with Crippen LogP contribution in [0.25, 0.3) is 10.9 Å². The molecule has 1 unspecified atom stereocenters. The van der Waals surface area contributed by atoms with Crippen LogP contribution in [0.5, 0.6) is 0 Å². The Morgan fingerprint density at radius 3 is 2.93 bits per heavy atom. The molecule has 2 aromatic heterocycles. The number of hydrogen-bond acceptors (Lipinski definition) is 5. The van der Waals surface area contributed by atoms with Gasteiger partial charge in [0.25, 0.3) is 0 Å². The van der Waals surface area contributed by atoms with Crippen molar-refractivity contribution in [2.24, 2.45) is 10.7 Å². The number of halogens is 2. The first kappa shape index (κ1) is 19.1. The molecule has 1 aliphatic rings. The third-order valence-electron chi connectivity index (χ3n) is 4.81. The van der Waals surface area contributed by atoms with Gasteiger partial charge in [0.15, 0.2) is 6.29 Å². The lowest BCUT2D eigenvalue weighted by Crippen LogP contribution is -2.33. The molecule has 3 heterocycles. The van der Waals surface area contributed by atoms with Crippen LogP contribution in [0, 0.1) is 5.82 Å². The zero-order valence-electron chi connectivity index (χ0n) is 15.7. The molecule has 148 valence electrons. The van der Waals surface area contributed by atoms with Gasteiger partial charge in [-0.3, -0.25) is 10.4 Å². The van der Waals surface area contributed by atoms with E-state index in [-0.39, 0.29) is 5.82 Å². The minimum atomic E-state index is -0.562. The van der Waals surface area contributed by atoms with Crippen molar-refractivity contribution in [1.82, 2.24) is 14.3 Å². The maximum absolute atomic E-state index is 14.3. The van der Waals surface area contributed by atoms with E-state index < -0.39 is 6.29 Å². The summed E-state index contributed by atoms with van der Waals surface area (Å²) in [4.78, 5) is 4.61. The zero-order valence-corrected chi connectivity index (χ0v) is 17.3. The highest BCUT2D eigenvalue weighted by atomic mass is 79.9. The Kier molecular flexibility index (Phi) is 5.22. The first-order valence-corrected chi connectivity index (χ1v) is 9.96. The van der Waals surface area contributed by atoms with Crippen molar-refractivity contribution in [3.63, 3.8) is 0 Å². The van der Waals surface area contributed by atoms with Crippen molar-refractivity contribution in [3.8, 4) is 0 Å². The molecule has 1 aliphatic heterocycles. The summed E-state index contributed by atoms with van der Waals surface area (Å²) in [6, 6.07) is 3.34. The molecule has 3 N–H and O–H groups in total. The lowest BCUT2D eigenvalue weighted by Gasteiger charge is -2.18. The molecule has 0 spiro atoms. The van der Waals surface area contributed by atoms with Crippen molar-refractivity contribution in [2.75, 3.05) is 19.0 Å². The van der Waals surface area contributed by atoms with E-state index in [0.29, 0.717) is 23.3 Å². The van der Waals surface area contributed by atoms with Gasteiger partial charge in [-0.25, -0.2) is 9.38 Å². The summed E-state index contributed by atoms with van der Waals surface area (Å²) in [6.45, 7) is 4.11. The minimum Gasteiger partial charge on any atom is -0.385 e. The predicted molar refractivity (Wildman–Crippen MR) is 111 cm³/mol. The SMILES string of the molecule is CCn1cc2c(n1)C(c1cn(CCCOC)c3cc(F)c(Br)cc13)=NC(N)N2. The van der Waals surface area contributed by atoms with Crippen LogP contribution in [0.1, 0.15) is 24.6 Å². The summed E-state index contributed by atoms with van der Waals surface area (Å²) in [7, 11) is 1.67. The van der Waals surface area contributed by atoms with E-state index >= 15 is 0 Å². The van der Waals surface area contributed by atoms with Crippen LogP contribution >= 0.6 is 15.9 Å². The second kappa shape index (κ2) is 7.65. The summed E-state index contributed by atoms with van der Waals surface area (Å²) >= 11 is 3.31. The standard InChI is InChI=1S/C19H22BrFN6O/c1-3-27-10-15-18(25-27)17(24-19(22)23-15)12-9-26(5-4-6-28-2)16-8-14(21)13(20)7-11(12)16/h7-10,19,23H,3-6,22H2,1-2H3. The van der Waals surface area contributed by atoms with Crippen molar-refractivity contribution >= 4 is 38.2 Å². The van der Waals surface area contributed by atoms with E-state index in [9.17, 15) is 4.39 Å². The maximum atomic E-state index is 14.3. The lowest BCUT2D eigenvalue weighted by atomic mass is 10.0. The number of methoxy groups -OCH3 is 1. The topological polar surface area (TPSA) is 82.4 Å². The van der Waals surface area contributed by atoms with Gasteiger partial charge in [0.2, 0.25) is 0 Å². The van der Waals surface area contributed by atoms with E-state index in [1.54, 1.807) is 19.2 Å². The van der Waals surface area contributed by atoms with E-state index in [1.165, 1.54) is 0 Å². The van der Waals surface area contributed by atoms with Crippen LogP contribution in [0.4, 0.5) is 10.1 Å². The van der Waals surface area contributed by atoms with E-state index in [0.717, 1.165) is 40.8 Å². The Morgan fingerprint density at radius 2 is 2.18 bits per heavy atom. The molecule has 0 saturated heterocycles. The van der Waals surface area contributed by atoms with Gasteiger partial charge in [-0.2, -0.15) is 5.10 Å². The molecule has 9 heteroatoms.